The topological polar surface area (TPSA) is 68.2 Å². The van der Waals surface area contributed by atoms with E-state index < -0.39 is 5.97 Å². The lowest BCUT2D eigenvalue weighted by Crippen LogP contribution is -2.21. The molecule has 0 bridgehead atoms. The van der Waals surface area contributed by atoms with Gasteiger partial charge in [0.05, 0.1) is 33.6 Å². The van der Waals surface area contributed by atoms with Crippen LogP contribution in [0.2, 0.25) is 10.0 Å². The summed E-state index contributed by atoms with van der Waals surface area (Å²) in [6.07, 6.45) is 1.71. The number of nitrogens with zero attached hydrogens (tertiary/aromatic N) is 2. The molecule has 0 aliphatic carbocycles. The Morgan fingerprint density at radius 2 is 1.90 bits per heavy atom. The van der Waals surface area contributed by atoms with Gasteiger partial charge in [0, 0.05) is 6.92 Å². The summed E-state index contributed by atoms with van der Waals surface area (Å²) in [4.78, 5) is 24.2. The van der Waals surface area contributed by atoms with Crippen molar-refractivity contribution < 1.29 is 19.1 Å². The number of rotatable bonds is 5. The van der Waals surface area contributed by atoms with Gasteiger partial charge in [-0.3, -0.25) is 9.59 Å². The van der Waals surface area contributed by atoms with Gasteiger partial charge in [0.15, 0.2) is 11.5 Å². The Bertz CT molecular complexity index is 1050. The Morgan fingerprint density at radius 3 is 2.55 bits per heavy atom. The fourth-order valence-electron chi connectivity index (χ4n) is 2.76. The van der Waals surface area contributed by atoms with Gasteiger partial charge in [0.2, 0.25) is 0 Å². The molecule has 2 aromatic rings. The summed E-state index contributed by atoms with van der Waals surface area (Å²) in [7, 11) is 0. The van der Waals surface area contributed by atoms with E-state index in [9.17, 15) is 9.59 Å². The van der Waals surface area contributed by atoms with Crippen molar-refractivity contribution in [2.75, 3.05) is 11.6 Å². The number of ether oxygens (including phenoxy) is 2. The smallest absolute Gasteiger partial charge is 0.308 e. The van der Waals surface area contributed by atoms with Gasteiger partial charge in [0.25, 0.3) is 5.91 Å². The molecule has 1 aliphatic rings. The molecule has 0 atom stereocenters. The normalized spacial score (nSPS) is 14.9. The summed E-state index contributed by atoms with van der Waals surface area (Å²) in [6.45, 7) is 5.30. The van der Waals surface area contributed by atoms with Crippen LogP contribution in [0.3, 0.4) is 0 Å². The van der Waals surface area contributed by atoms with Crippen molar-refractivity contribution >= 4 is 52.6 Å². The third-order valence-corrected chi connectivity index (χ3v) is 4.78. The van der Waals surface area contributed by atoms with Crippen molar-refractivity contribution in [3.8, 4) is 11.5 Å². The molecule has 0 saturated carbocycles. The van der Waals surface area contributed by atoms with Crippen molar-refractivity contribution in [3.05, 3.63) is 57.6 Å². The van der Waals surface area contributed by atoms with Gasteiger partial charge in [0.1, 0.15) is 0 Å². The van der Waals surface area contributed by atoms with Crippen LogP contribution in [-0.4, -0.2) is 24.2 Å². The first-order valence-electron chi connectivity index (χ1n) is 8.82. The molecule has 2 aromatic carbocycles. The van der Waals surface area contributed by atoms with E-state index in [-0.39, 0.29) is 5.91 Å². The van der Waals surface area contributed by atoms with Crippen LogP contribution in [0.4, 0.5) is 5.69 Å². The number of esters is 1. The molecule has 8 heteroatoms. The highest BCUT2D eigenvalue weighted by atomic mass is 35.5. The predicted octanol–water partition coefficient (Wildman–Crippen LogP) is 5.12. The number of halogens is 2. The van der Waals surface area contributed by atoms with Crippen LogP contribution in [0.15, 0.2) is 47.1 Å². The molecule has 3 rings (SSSR count). The number of hydrazone groups is 1. The summed E-state index contributed by atoms with van der Waals surface area (Å²) >= 11 is 12.0. The number of hydrogen-bond acceptors (Lipinski definition) is 5. The van der Waals surface area contributed by atoms with Crippen LogP contribution >= 0.6 is 23.2 Å². The number of hydrogen-bond donors (Lipinski definition) is 0. The van der Waals surface area contributed by atoms with E-state index in [0.717, 1.165) is 0 Å². The second-order valence-electron chi connectivity index (χ2n) is 6.19. The van der Waals surface area contributed by atoms with Crippen LogP contribution in [0.5, 0.6) is 11.5 Å². The first-order chi connectivity index (χ1) is 13.8. The van der Waals surface area contributed by atoms with Gasteiger partial charge in [-0.1, -0.05) is 29.3 Å². The van der Waals surface area contributed by atoms with E-state index in [1.54, 1.807) is 49.4 Å². The summed E-state index contributed by atoms with van der Waals surface area (Å²) < 4.78 is 10.7. The zero-order chi connectivity index (χ0) is 21.1. The second-order valence-corrected chi connectivity index (χ2v) is 7.01. The lowest BCUT2D eigenvalue weighted by molar-refractivity contribution is -0.132. The number of carbonyl (C=O) groups is 2. The molecule has 1 heterocycles. The molecular formula is C21H18Cl2N2O4. The summed E-state index contributed by atoms with van der Waals surface area (Å²) in [5, 5.41) is 6.35. The van der Waals surface area contributed by atoms with Gasteiger partial charge in [-0.25, -0.2) is 0 Å². The molecule has 0 N–H and O–H groups in total. The average molecular weight is 433 g/mol. The number of anilines is 1. The first-order valence-corrected chi connectivity index (χ1v) is 9.57. The Hall–Kier alpha value is -2.83. The number of amides is 1. The van der Waals surface area contributed by atoms with Crippen LogP contribution in [0.1, 0.15) is 26.3 Å². The minimum Gasteiger partial charge on any atom is -0.490 e. The van der Waals surface area contributed by atoms with Crippen LogP contribution in [-0.2, 0) is 9.59 Å². The van der Waals surface area contributed by atoms with E-state index in [0.29, 0.717) is 50.7 Å². The maximum atomic E-state index is 12.9. The van der Waals surface area contributed by atoms with Gasteiger partial charge in [-0.15, -0.1) is 0 Å². The minimum absolute atomic E-state index is 0.289. The Balaban J connectivity index is 1.93. The molecule has 0 radical (unpaired) electrons. The SMILES string of the molecule is CCOc1cc(/C=C2\C(=O)N(c3ccc(Cl)c(Cl)c3)N=C2C)ccc1OC(C)=O. The number of benzene rings is 2. The van der Waals surface area contributed by atoms with Crippen molar-refractivity contribution in [2.24, 2.45) is 5.10 Å². The van der Waals surface area contributed by atoms with Crippen molar-refractivity contribution in [2.45, 2.75) is 20.8 Å². The quantitative estimate of drug-likeness (QED) is 0.373. The van der Waals surface area contributed by atoms with Crippen molar-refractivity contribution in [1.29, 1.82) is 0 Å². The number of carbonyl (C=O) groups excluding carboxylic acids is 2. The lowest BCUT2D eigenvalue weighted by atomic mass is 10.1. The Kier molecular flexibility index (Phi) is 6.25. The summed E-state index contributed by atoms with van der Waals surface area (Å²) in [5.41, 5.74) is 2.22. The van der Waals surface area contributed by atoms with E-state index in [1.807, 2.05) is 6.92 Å². The molecule has 1 aliphatic heterocycles. The lowest BCUT2D eigenvalue weighted by Gasteiger charge is -2.12. The third kappa shape index (κ3) is 4.60. The minimum atomic E-state index is -0.441. The maximum absolute atomic E-state index is 12.9. The maximum Gasteiger partial charge on any atom is 0.308 e. The molecule has 0 fully saturated rings. The summed E-state index contributed by atoms with van der Waals surface area (Å²) in [6, 6.07) is 9.94. The highest BCUT2D eigenvalue weighted by Gasteiger charge is 2.29. The highest BCUT2D eigenvalue weighted by Crippen LogP contribution is 2.33. The molecule has 1 amide bonds. The first kappa shape index (κ1) is 20.9. The van der Waals surface area contributed by atoms with Crippen LogP contribution in [0.25, 0.3) is 6.08 Å². The predicted molar refractivity (Wildman–Crippen MR) is 114 cm³/mol. The largest absolute Gasteiger partial charge is 0.490 e. The molecule has 6 nitrogen and oxygen atoms in total. The molecular weight excluding hydrogens is 415 g/mol. The van der Waals surface area contributed by atoms with Gasteiger partial charge >= 0.3 is 5.97 Å². The molecule has 0 aromatic heterocycles. The van der Waals surface area contributed by atoms with Gasteiger partial charge in [-0.2, -0.15) is 10.1 Å². The fourth-order valence-corrected chi connectivity index (χ4v) is 3.06. The second kappa shape index (κ2) is 8.68. The van der Waals surface area contributed by atoms with E-state index in [4.69, 9.17) is 32.7 Å². The zero-order valence-electron chi connectivity index (χ0n) is 16.0. The standard InChI is InChI=1S/C21H18Cl2N2O4/c1-4-28-20-10-14(5-8-19(20)29-13(3)26)9-16-12(2)24-25(21(16)27)15-6-7-17(22)18(23)11-15/h5-11H,4H2,1-3H3/b16-9-. The van der Waals surface area contributed by atoms with Crippen LogP contribution < -0.4 is 14.5 Å². The van der Waals surface area contributed by atoms with E-state index >= 15 is 0 Å². The third-order valence-electron chi connectivity index (χ3n) is 4.04. The van der Waals surface area contributed by atoms with Crippen molar-refractivity contribution in [1.82, 2.24) is 0 Å². The average Bonchev–Trinajstić information content (AvgIpc) is 2.94. The fraction of sp³-hybridized carbons (Fsp3) is 0.190. The monoisotopic (exact) mass is 432 g/mol. The highest BCUT2D eigenvalue weighted by molar-refractivity contribution is 6.42. The Morgan fingerprint density at radius 1 is 1.14 bits per heavy atom. The van der Waals surface area contributed by atoms with Crippen molar-refractivity contribution in [3.63, 3.8) is 0 Å². The Labute approximate surface area is 178 Å². The molecule has 29 heavy (non-hydrogen) atoms. The molecule has 0 unspecified atom stereocenters. The van der Waals surface area contributed by atoms with E-state index in [2.05, 4.69) is 5.10 Å². The van der Waals surface area contributed by atoms with Crippen LogP contribution in [0, 0.1) is 0 Å². The molecule has 0 saturated heterocycles. The zero-order valence-corrected chi connectivity index (χ0v) is 17.5. The molecule has 150 valence electrons. The van der Waals surface area contributed by atoms with E-state index in [1.165, 1.54) is 11.9 Å². The van der Waals surface area contributed by atoms with Gasteiger partial charge in [-0.05, 0) is 55.8 Å². The summed E-state index contributed by atoms with van der Waals surface area (Å²) in [5.74, 6) is 0.00619. The van der Waals surface area contributed by atoms with Gasteiger partial charge < -0.3 is 9.47 Å². The molecule has 0 spiro atoms.